The van der Waals surface area contributed by atoms with E-state index in [0.717, 1.165) is 33.3 Å². The Kier molecular flexibility index (Phi) is 6.28. The molecule has 0 saturated heterocycles. The molecular formula is C23H26ClN3O2. The van der Waals surface area contributed by atoms with Crippen LogP contribution in [0, 0.1) is 6.92 Å². The Morgan fingerprint density at radius 3 is 2.31 bits per heavy atom. The topological polar surface area (TPSA) is 63.2 Å². The maximum Gasteiger partial charge on any atom is 0.407 e. The van der Waals surface area contributed by atoms with Crippen LogP contribution in [0.1, 0.15) is 37.5 Å². The molecule has 0 saturated carbocycles. The number of fused-ring (bicyclic) bond motifs is 1. The lowest BCUT2D eigenvalue weighted by molar-refractivity contribution is 0.0523. The van der Waals surface area contributed by atoms with E-state index in [1.807, 2.05) is 76.2 Å². The van der Waals surface area contributed by atoms with Crippen LogP contribution in [-0.4, -0.2) is 16.7 Å². The lowest BCUT2D eigenvalue weighted by atomic mass is 10.1. The summed E-state index contributed by atoms with van der Waals surface area (Å²) in [6, 6.07) is 16.0. The van der Waals surface area contributed by atoms with Gasteiger partial charge < -0.3 is 15.4 Å². The first-order valence-electron chi connectivity index (χ1n) is 9.56. The molecule has 0 fully saturated rings. The Labute approximate surface area is 176 Å². The average molecular weight is 412 g/mol. The highest BCUT2D eigenvalue weighted by atomic mass is 35.5. The molecule has 152 valence electrons. The third kappa shape index (κ3) is 5.61. The van der Waals surface area contributed by atoms with Crippen molar-refractivity contribution in [2.45, 2.75) is 46.4 Å². The molecule has 0 aliphatic carbocycles. The van der Waals surface area contributed by atoms with Crippen molar-refractivity contribution in [3.63, 3.8) is 0 Å². The number of aromatic nitrogens is 1. The van der Waals surface area contributed by atoms with E-state index < -0.39 is 11.7 Å². The number of para-hydroxylation sites is 1. The lowest BCUT2D eigenvalue weighted by Crippen LogP contribution is -2.32. The van der Waals surface area contributed by atoms with Crippen LogP contribution in [0.2, 0.25) is 5.15 Å². The average Bonchev–Trinajstić information content (AvgIpc) is 2.66. The fourth-order valence-electron chi connectivity index (χ4n) is 2.96. The van der Waals surface area contributed by atoms with Gasteiger partial charge in [-0.05, 0) is 44.9 Å². The van der Waals surface area contributed by atoms with Gasteiger partial charge >= 0.3 is 6.09 Å². The highest BCUT2D eigenvalue weighted by Crippen LogP contribution is 2.30. The zero-order chi connectivity index (χ0) is 21.0. The minimum absolute atomic E-state index is 0.417. The first-order chi connectivity index (χ1) is 13.7. The number of anilines is 1. The molecule has 5 nitrogen and oxygen atoms in total. The molecule has 0 aliphatic rings. The van der Waals surface area contributed by atoms with E-state index in [-0.39, 0.29) is 0 Å². The summed E-state index contributed by atoms with van der Waals surface area (Å²) in [6.45, 7) is 8.58. The number of alkyl carbamates (subject to hydrolysis) is 1. The number of hydrogen-bond acceptors (Lipinski definition) is 4. The molecular weight excluding hydrogens is 386 g/mol. The lowest BCUT2D eigenvalue weighted by Gasteiger charge is -2.19. The molecule has 1 amide bonds. The maximum absolute atomic E-state index is 11.8. The second-order valence-electron chi connectivity index (χ2n) is 7.95. The minimum atomic E-state index is -0.502. The van der Waals surface area contributed by atoms with Gasteiger partial charge in [0, 0.05) is 29.7 Å². The van der Waals surface area contributed by atoms with Crippen molar-refractivity contribution in [2.24, 2.45) is 0 Å². The van der Waals surface area contributed by atoms with E-state index in [2.05, 4.69) is 15.6 Å². The fourth-order valence-corrected chi connectivity index (χ4v) is 3.14. The van der Waals surface area contributed by atoms with Crippen molar-refractivity contribution >= 4 is 34.3 Å². The van der Waals surface area contributed by atoms with Gasteiger partial charge in [0.05, 0.1) is 5.52 Å². The molecule has 0 bridgehead atoms. The number of nitrogens with one attached hydrogen (secondary N) is 2. The minimum Gasteiger partial charge on any atom is -0.444 e. The summed E-state index contributed by atoms with van der Waals surface area (Å²) < 4.78 is 5.25. The number of amides is 1. The summed E-state index contributed by atoms with van der Waals surface area (Å²) in [4.78, 5) is 16.2. The van der Waals surface area contributed by atoms with Crippen LogP contribution in [0.4, 0.5) is 10.5 Å². The summed E-state index contributed by atoms with van der Waals surface area (Å²) in [7, 11) is 0. The Balaban J connectivity index is 1.63. The Morgan fingerprint density at radius 2 is 1.66 bits per heavy atom. The molecule has 2 aromatic carbocycles. The van der Waals surface area contributed by atoms with E-state index in [1.165, 1.54) is 0 Å². The van der Waals surface area contributed by atoms with E-state index >= 15 is 0 Å². The van der Waals surface area contributed by atoms with Crippen LogP contribution in [0.5, 0.6) is 0 Å². The van der Waals surface area contributed by atoms with Gasteiger partial charge in [0.25, 0.3) is 0 Å². The van der Waals surface area contributed by atoms with Gasteiger partial charge in [-0.25, -0.2) is 9.78 Å². The molecule has 0 radical (unpaired) electrons. The summed E-state index contributed by atoms with van der Waals surface area (Å²) in [5, 5.41) is 7.82. The smallest absolute Gasteiger partial charge is 0.407 e. The SMILES string of the molecule is Cc1c(Cl)nc2ccccc2c1NCc1ccc(CNC(=O)OC(C)(C)C)cc1. The number of rotatable bonds is 5. The quantitative estimate of drug-likeness (QED) is 0.518. The van der Waals surface area contributed by atoms with Gasteiger partial charge in [0.15, 0.2) is 0 Å². The normalized spacial score (nSPS) is 11.3. The molecule has 0 unspecified atom stereocenters. The van der Waals surface area contributed by atoms with Gasteiger partial charge in [-0.1, -0.05) is 54.1 Å². The van der Waals surface area contributed by atoms with Crippen LogP contribution in [-0.2, 0) is 17.8 Å². The fraction of sp³-hybridized carbons (Fsp3) is 0.304. The molecule has 1 heterocycles. The highest BCUT2D eigenvalue weighted by Gasteiger charge is 2.15. The number of halogens is 1. The predicted molar refractivity (Wildman–Crippen MR) is 118 cm³/mol. The Bertz CT molecular complexity index is 1010. The van der Waals surface area contributed by atoms with E-state index in [4.69, 9.17) is 16.3 Å². The van der Waals surface area contributed by atoms with Crippen molar-refractivity contribution in [3.05, 3.63) is 70.4 Å². The van der Waals surface area contributed by atoms with Crippen molar-refractivity contribution in [1.29, 1.82) is 0 Å². The largest absolute Gasteiger partial charge is 0.444 e. The number of nitrogens with zero attached hydrogens (tertiary/aromatic N) is 1. The summed E-state index contributed by atoms with van der Waals surface area (Å²) >= 11 is 6.30. The number of carbonyl (C=O) groups excluding carboxylic acids is 1. The van der Waals surface area contributed by atoms with Gasteiger partial charge in [0.1, 0.15) is 10.8 Å². The zero-order valence-electron chi connectivity index (χ0n) is 17.2. The van der Waals surface area contributed by atoms with Crippen molar-refractivity contribution < 1.29 is 9.53 Å². The standard InChI is InChI=1S/C23H26ClN3O2/c1-15-20(18-7-5-6-8-19(18)27-21(15)24)25-13-16-9-11-17(12-10-16)14-26-22(28)29-23(2,3)4/h5-12H,13-14H2,1-4H3,(H,25,27)(H,26,28). The van der Waals surface area contributed by atoms with Crippen molar-refractivity contribution in [2.75, 3.05) is 5.32 Å². The molecule has 0 aliphatic heterocycles. The van der Waals surface area contributed by atoms with Crippen molar-refractivity contribution in [1.82, 2.24) is 10.3 Å². The summed E-state index contributed by atoms with van der Waals surface area (Å²) in [5.41, 5.74) is 4.43. The van der Waals surface area contributed by atoms with Crippen molar-refractivity contribution in [3.8, 4) is 0 Å². The Morgan fingerprint density at radius 1 is 1.03 bits per heavy atom. The zero-order valence-corrected chi connectivity index (χ0v) is 17.9. The van der Waals surface area contributed by atoms with Crippen LogP contribution >= 0.6 is 11.6 Å². The molecule has 3 aromatic rings. The van der Waals surface area contributed by atoms with E-state index in [0.29, 0.717) is 18.2 Å². The molecule has 29 heavy (non-hydrogen) atoms. The number of benzene rings is 2. The van der Waals surface area contributed by atoms with Gasteiger partial charge in [-0.15, -0.1) is 0 Å². The number of carbonyl (C=O) groups is 1. The first kappa shape index (κ1) is 20.9. The molecule has 0 spiro atoms. The monoisotopic (exact) mass is 411 g/mol. The van der Waals surface area contributed by atoms with Crippen LogP contribution in [0.3, 0.4) is 0 Å². The Hall–Kier alpha value is -2.79. The third-order valence-corrected chi connectivity index (χ3v) is 4.77. The highest BCUT2D eigenvalue weighted by molar-refractivity contribution is 6.31. The number of pyridine rings is 1. The van der Waals surface area contributed by atoms with Gasteiger partial charge in [-0.3, -0.25) is 0 Å². The predicted octanol–water partition coefficient (Wildman–Crippen LogP) is 5.83. The third-order valence-electron chi connectivity index (χ3n) is 4.40. The number of ether oxygens (including phenoxy) is 1. The van der Waals surface area contributed by atoms with Gasteiger partial charge in [0.2, 0.25) is 0 Å². The first-order valence-corrected chi connectivity index (χ1v) is 9.94. The second-order valence-corrected chi connectivity index (χ2v) is 8.30. The van der Waals surface area contributed by atoms with Crippen LogP contribution in [0.15, 0.2) is 48.5 Å². The summed E-state index contributed by atoms with van der Waals surface area (Å²) in [5.74, 6) is 0. The molecule has 0 atom stereocenters. The summed E-state index contributed by atoms with van der Waals surface area (Å²) in [6.07, 6.45) is -0.417. The second kappa shape index (κ2) is 8.70. The molecule has 6 heteroatoms. The molecule has 3 rings (SSSR count). The van der Waals surface area contributed by atoms with Crippen LogP contribution < -0.4 is 10.6 Å². The molecule has 2 N–H and O–H groups in total. The number of hydrogen-bond donors (Lipinski definition) is 2. The van der Waals surface area contributed by atoms with E-state index in [9.17, 15) is 4.79 Å². The maximum atomic E-state index is 11.8. The van der Waals surface area contributed by atoms with Crippen LogP contribution in [0.25, 0.3) is 10.9 Å². The molecule has 1 aromatic heterocycles. The van der Waals surface area contributed by atoms with E-state index in [1.54, 1.807) is 0 Å². The van der Waals surface area contributed by atoms with Gasteiger partial charge in [-0.2, -0.15) is 0 Å².